The van der Waals surface area contributed by atoms with Crippen molar-refractivity contribution in [2.75, 3.05) is 19.0 Å². The Hall–Kier alpha value is -3.53. The number of esters is 1. The summed E-state index contributed by atoms with van der Waals surface area (Å²) >= 11 is 5.90. The van der Waals surface area contributed by atoms with Crippen LogP contribution in [0.1, 0.15) is 26.3 Å². The van der Waals surface area contributed by atoms with Crippen LogP contribution in [-0.2, 0) is 19.6 Å². The van der Waals surface area contributed by atoms with Crippen LogP contribution in [0.2, 0.25) is 5.02 Å². The number of benzene rings is 3. The van der Waals surface area contributed by atoms with E-state index in [1.54, 1.807) is 54.6 Å². The Labute approximate surface area is 195 Å². The zero-order valence-corrected chi connectivity index (χ0v) is 18.9. The molecular formula is C23H19ClN2O6S. The number of ether oxygens (including phenoxy) is 1. The van der Waals surface area contributed by atoms with E-state index in [9.17, 15) is 22.8 Å². The van der Waals surface area contributed by atoms with Gasteiger partial charge in [-0.25, -0.2) is 17.9 Å². The van der Waals surface area contributed by atoms with Crippen LogP contribution in [0.4, 0.5) is 5.69 Å². The van der Waals surface area contributed by atoms with Gasteiger partial charge >= 0.3 is 5.97 Å². The SMILES string of the molecule is CNS(=O)(=O)c1cc(C(=O)OCC(=O)Nc2ccccc2C(=O)c2ccccc2)ccc1Cl. The smallest absolute Gasteiger partial charge is 0.338 e. The molecule has 3 aromatic carbocycles. The number of carbonyl (C=O) groups excluding carboxylic acids is 3. The number of nitrogens with one attached hydrogen (secondary N) is 2. The minimum Gasteiger partial charge on any atom is -0.452 e. The summed E-state index contributed by atoms with van der Waals surface area (Å²) in [5, 5.41) is 2.49. The highest BCUT2D eigenvalue weighted by atomic mass is 35.5. The molecule has 0 atom stereocenters. The molecule has 33 heavy (non-hydrogen) atoms. The van der Waals surface area contributed by atoms with E-state index in [-0.39, 0.29) is 32.5 Å². The number of carbonyl (C=O) groups is 3. The number of hydrogen-bond donors (Lipinski definition) is 2. The predicted molar refractivity (Wildman–Crippen MR) is 123 cm³/mol. The minimum absolute atomic E-state index is 0.0710. The fourth-order valence-electron chi connectivity index (χ4n) is 2.88. The van der Waals surface area contributed by atoms with Crippen molar-refractivity contribution in [3.63, 3.8) is 0 Å². The fraction of sp³-hybridized carbons (Fsp3) is 0.0870. The summed E-state index contributed by atoms with van der Waals surface area (Å²) in [6.07, 6.45) is 0. The van der Waals surface area contributed by atoms with Crippen LogP contribution in [0, 0.1) is 0 Å². The van der Waals surface area contributed by atoms with Crippen molar-refractivity contribution in [2.45, 2.75) is 4.90 Å². The molecule has 0 unspecified atom stereocenters. The summed E-state index contributed by atoms with van der Waals surface area (Å²) in [4.78, 5) is 37.2. The average molecular weight is 487 g/mol. The zero-order chi connectivity index (χ0) is 24.0. The molecule has 10 heteroatoms. The molecule has 0 saturated carbocycles. The van der Waals surface area contributed by atoms with E-state index in [4.69, 9.17) is 16.3 Å². The lowest BCUT2D eigenvalue weighted by atomic mass is 10.0. The van der Waals surface area contributed by atoms with Crippen molar-refractivity contribution >= 4 is 45.0 Å². The summed E-state index contributed by atoms with van der Waals surface area (Å²) in [6, 6.07) is 18.6. The number of halogens is 1. The highest BCUT2D eigenvalue weighted by Crippen LogP contribution is 2.23. The molecule has 0 aromatic heterocycles. The van der Waals surface area contributed by atoms with Gasteiger partial charge in [0.25, 0.3) is 5.91 Å². The van der Waals surface area contributed by atoms with Crippen molar-refractivity contribution in [1.29, 1.82) is 0 Å². The van der Waals surface area contributed by atoms with Crippen molar-refractivity contribution in [2.24, 2.45) is 0 Å². The van der Waals surface area contributed by atoms with Crippen LogP contribution in [0.5, 0.6) is 0 Å². The monoisotopic (exact) mass is 486 g/mol. The van der Waals surface area contributed by atoms with E-state index < -0.39 is 28.5 Å². The fourth-order valence-corrected chi connectivity index (χ4v) is 4.13. The molecule has 8 nitrogen and oxygen atoms in total. The van der Waals surface area contributed by atoms with Gasteiger partial charge in [-0.3, -0.25) is 9.59 Å². The highest BCUT2D eigenvalue weighted by Gasteiger charge is 2.20. The lowest BCUT2D eigenvalue weighted by Crippen LogP contribution is -2.23. The van der Waals surface area contributed by atoms with E-state index in [0.717, 1.165) is 6.07 Å². The van der Waals surface area contributed by atoms with Crippen LogP contribution in [0.3, 0.4) is 0 Å². The quantitative estimate of drug-likeness (QED) is 0.372. The zero-order valence-electron chi connectivity index (χ0n) is 17.4. The van der Waals surface area contributed by atoms with E-state index in [1.165, 1.54) is 19.2 Å². The average Bonchev–Trinajstić information content (AvgIpc) is 2.83. The molecule has 2 N–H and O–H groups in total. The minimum atomic E-state index is -3.89. The number of amides is 1. The van der Waals surface area contributed by atoms with Gasteiger partial charge in [-0.2, -0.15) is 0 Å². The molecule has 0 heterocycles. The number of rotatable bonds is 8. The Bertz CT molecular complexity index is 1310. The molecule has 0 aliphatic rings. The normalized spacial score (nSPS) is 11.0. The number of sulfonamides is 1. The lowest BCUT2D eigenvalue weighted by Gasteiger charge is -2.11. The summed E-state index contributed by atoms with van der Waals surface area (Å²) in [7, 11) is -2.68. The first-order valence-corrected chi connectivity index (χ1v) is 11.5. The van der Waals surface area contributed by atoms with Gasteiger partial charge in [0.2, 0.25) is 10.0 Å². The maximum absolute atomic E-state index is 12.8. The first-order valence-electron chi connectivity index (χ1n) is 9.62. The number of hydrogen-bond acceptors (Lipinski definition) is 6. The van der Waals surface area contributed by atoms with Gasteiger partial charge in [0.15, 0.2) is 12.4 Å². The second kappa shape index (κ2) is 10.4. The molecule has 0 aliphatic heterocycles. The molecule has 170 valence electrons. The van der Waals surface area contributed by atoms with Gasteiger partial charge in [-0.1, -0.05) is 54.1 Å². The third-order valence-electron chi connectivity index (χ3n) is 4.54. The molecule has 0 fully saturated rings. The third kappa shape index (κ3) is 5.83. The Morgan fingerprint density at radius 2 is 1.58 bits per heavy atom. The molecular weight excluding hydrogens is 468 g/mol. The topological polar surface area (TPSA) is 119 Å². The van der Waals surface area contributed by atoms with Crippen molar-refractivity contribution in [1.82, 2.24) is 4.72 Å². The summed E-state index contributed by atoms with van der Waals surface area (Å²) in [5.74, 6) is -1.86. The van der Waals surface area contributed by atoms with Gasteiger partial charge in [0, 0.05) is 11.1 Å². The predicted octanol–water partition coefficient (Wildman–Crippen LogP) is 3.27. The second-order valence-corrected chi connectivity index (χ2v) is 8.98. The van der Waals surface area contributed by atoms with E-state index >= 15 is 0 Å². The first-order chi connectivity index (χ1) is 15.7. The molecule has 0 aliphatic carbocycles. The Morgan fingerprint density at radius 1 is 0.909 bits per heavy atom. The number of para-hydroxylation sites is 1. The van der Waals surface area contributed by atoms with Crippen LogP contribution in [-0.4, -0.2) is 39.7 Å². The molecule has 1 amide bonds. The van der Waals surface area contributed by atoms with Gasteiger partial charge in [-0.05, 0) is 37.4 Å². The summed E-state index contributed by atoms with van der Waals surface area (Å²) in [5.41, 5.74) is 0.908. The van der Waals surface area contributed by atoms with Crippen LogP contribution in [0.15, 0.2) is 77.7 Å². The number of ketones is 1. The standard InChI is InChI=1S/C23H19ClN2O6S/c1-25-33(30,31)20-13-16(11-12-18(20)24)23(29)32-14-21(27)26-19-10-6-5-9-17(19)22(28)15-7-3-2-4-8-15/h2-13,25H,14H2,1H3,(H,26,27). The van der Waals surface area contributed by atoms with Crippen molar-refractivity contribution < 1.29 is 27.5 Å². The summed E-state index contributed by atoms with van der Waals surface area (Å²) in [6.45, 7) is -0.649. The third-order valence-corrected chi connectivity index (χ3v) is 6.44. The van der Waals surface area contributed by atoms with Gasteiger partial charge in [-0.15, -0.1) is 0 Å². The van der Waals surface area contributed by atoms with Crippen LogP contribution >= 0.6 is 11.6 Å². The van der Waals surface area contributed by atoms with Crippen LogP contribution in [0.25, 0.3) is 0 Å². The molecule has 3 aromatic rings. The second-order valence-electron chi connectivity index (χ2n) is 6.72. The maximum atomic E-state index is 12.8. The first kappa shape index (κ1) is 24.1. The molecule has 3 rings (SSSR count). The molecule has 0 saturated heterocycles. The van der Waals surface area contributed by atoms with Crippen LogP contribution < -0.4 is 10.0 Å². The summed E-state index contributed by atoms with van der Waals surface area (Å²) < 4.78 is 31.1. The van der Waals surface area contributed by atoms with E-state index in [1.807, 2.05) is 0 Å². The number of anilines is 1. The van der Waals surface area contributed by atoms with Gasteiger partial charge in [0.05, 0.1) is 16.3 Å². The largest absolute Gasteiger partial charge is 0.452 e. The molecule has 0 radical (unpaired) electrons. The Morgan fingerprint density at radius 3 is 2.27 bits per heavy atom. The molecule has 0 bridgehead atoms. The van der Waals surface area contributed by atoms with Gasteiger partial charge in [0.1, 0.15) is 4.90 Å². The van der Waals surface area contributed by atoms with Crippen molar-refractivity contribution in [3.8, 4) is 0 Å². The molecule has 0 spiro atoms. The Kier molecular flexibility index (Phi) is 7.59. The Balaban J connectivity index is 1.69. The van der Waals surface area contributed by atoms with Crippen molar-refractivity contribution in [3.05, 3.63) is 94.5 Å². The maximum Gasteiger partial charge on any atom is 0.338 e. The van der Waals surface area contributed by atoms with E-state index in [0.29, 0.717) is 5.56 Å². The highest BCUT2D eigenvalue weighted by molar-refractivity contribution is 7.89. The van der Waals surface area contributed by atoms with E-state index in [2.05, 4.69) is 10.0 Å². The van der Waals surface area contributed by atoms with Gasteiger partial charge < -0.3 is 10.1 Å². The lowest BCUT2D eigenvalue weighted by molar-refractivity contribution is -0.119.